The molecular formula is C10H10BrClO. The number of Topliss-reactive ketones (excluding diaryl/α,β-unsaturated/α-hetero) is 1. The molecule has 0 radical (unpaired) electrons. The summed E-state index contributed by atoms with van der Waals surface area (Å²) in [6.07, 6.45) is 1.40. The molecule has 13 heavy (non-hydrogen) atoms. The van der Waals surface area contributed by atoms with Crippen molar-refractivity contribution in [2.75, 3.05) is 5.33 Å². The van der Waals surface area contributed by atoms with E-state index in [1.807, 2.05) is 12.1 Å². The number of hydrogen-bond acceptors (Lipinski definition) is 1. The van der Waals surface area contributed by atoms with Crippen LogP contribution in [-0.2, 0) is 0 Å². The van der Waals surface area contributed by atoms with Crippen LogP contribution in [0.1, 0.15) is 23.2 Å². The molecule has 0 fully saturated rings. The van der Waals surface area contributed by atoms with E-state index in [1.54, 1.807) is 12.1 Å². The Labute approximate surface area is 91.2 Å². The Bertz CT molecular complexity index is 299. The molecule has 0 saturated heterocycles. The zero-order valence-corrected chi connectivity index (χ0v) is 9.44. The maximum Gasteiger partial charge on any atom is 0.164 e. The van der Waals surface area contributed by atoms with Crippen LogP contribution in [0.4, 0.5) is 0 Å². The van der Waals surface area contributed by atoms with E-state index in [0.717, 1.165) is 11.8 Å². The molecule has 0 aliphatic rings. The Morgan fingerprint density at radius 1 is 1.38 bits per heavy atom. The summed E-state index contributed by atoms with van der Waals surface area (Å²) in [5.41, 5.74) is 0.630. The van der Waals surface area contributed by atoms with Crippen molar-refractivity contribution in [1.29, 1.82) is 0 Å². The van der Waals surface area contributed by atoms with Gasteiger partial charge >= 0.3 is 0 Å². The largest absolute Gasteiger partial charge is 0.294 e. The number of carbonyl (C=O) groups is 1. The number of rotatable bonds is 4. The summed E-state index contributed by atoms with van der Waals surface area (Å²) in [7, 11) is 0. The third kappa shape index (κ3) is 3.12. The fraction of sp³-hybridized carbons (Fsp3) is 0.300. The molecule has 0 atom stereocenters. The van der Waals surface area contributed by atoms with Gasteiger partial charge < -0.3 is 0 Å². The summed E-state index contributed by atoms with van der Waals surface area (Å²) in [6.45, 7) is 0. The summed E-state index contributed by atoms with van der Waals surface area (Å²) in [5.74, 6) is 0.116. The third-order valence-corrected chi connectivity index (χ3v) is 2.60. The first-order valence-corrected chi connectivity index (χ1v) is 5.59. The van der Waals surface area contributed by atoms with Crippen LogP contribution >= 0.6 is 27.5 Å². The van der Waals surface area contributed by atoms with Crippen LogP contribution < -0.4 is 0 Å². The molecule has 0 heterocycles. The van der Waals surface area contributed by atoms with E-state index >= 15 is 0 Å². The minimum Gasteiger partial charge on any atom is -0.294 e. The molecule has 1 nitrogen and oxygen atoms in total. The van der Waals surface area contributed by atoms with E-state index in [2.05, 4.69) is 15.9 Å². The molecule has 0 saturated carbocycles. The molecule has 70 valence electrons. The molecule has 1 rings (SSSR count). The Morgan fingerprint density at radius 3 is 2.69 bits per heavy atom. The van der Waals surface area contributed by atoms with Gasteiger partial charge in [-0.2, -0.15) is 0 Å². The minimum atomic E-state index is 0.116. The summed E-state index contributed by atoms with van der Waals surface area (Å²) in [6, 6.07) is 7.15. The first-order valence-electron chi connectivity index (χ1n) is 4.09. The van der Waals surface area contributed by atoms with Crippen molar-refractivity contribution in [2.24, 2.45) is 0 Å². The number of ketones is 1. The van der Waals surface area contributed by atoms with Crippen molar-refractivity contribution in [3.63, 3.8) is 0 Å². The topological polar surface area (TPSA) is 17.1 Å². The Balaban J connectivity index is 2.71. The van der Waals surface area contributed by atoms with Gasteiger partial charge in [0.2, 0.25) is 0 Å². The lowest BCUT2D eigenvalue weighted by atomic mass is 10.1. The molecule has 0 aromatic heterocycles. The minimum absolute atomic E-state index is 0.116. The van der Waals surface area contributed by atoms with E-state index < -0.39 is 0 Å². The van der Waals surface area contributed by atoms with Gasteiger partial charge in [0.1, 0.15) is 0 Å². The molecule has 0 amide bonds. The number of hydrogen-bond donors (Lipinski definition) is 0. The second-order valence-electron chi connectivity index (χ2n) is 2.70. The van der Waals surface area contributed by atoms with Crippen molar-refractivity contribution in [2.45, 2.75) is 12.8 Å². The van der Waals surface area contributed by atoms with Gasteiger partial charge in [-0.05, 0) is 18.6 Å². The Hall–Kier alpha value is -0.340. The number of carbonyl (C=O) groups excluding carboxylic acids is 1. The molecule has 0 unspecified atom stereocenters. The monoisotopic (exact) mass is 260 g/mol. The lowest BCUT2D eigenvalue weighted by Gasteiger charge is -2.01. The molecule has 3 heteroatoms. The van der Waals surface area contributed by atoms with Crippen LogP contribution in [0.15, 0.2) is 24.3 Å². The maximum atomic E-state index is 11.5. The first-order chi connectivity index (χ1) is 6.25. The maximum absolute atomic E-state index is 11.5. The van der Waals surface area contributed by atoms with Crippen LogP contribution in [-0.4, -0.2) is 11.1 Å². The molecular weight excluding hydrogens is 251 g/mol. The predicted molar refractivity (Wildman–Crippen MR) is 58.8 cm³/mol. The first kappa shape index (κ1) is 10.7. The van der Waals surface area contributed by atoms with Gasteiger partial charge in [-0.3, -0.25) is 4.79 Å². The van der Waals surface area contributed by atoms with Gasteiger partial charge in [0.25, 0.3) is 0 Å². The number of halogens is 2. The van der Waals surface area contributed by atoms with Crippen molar-refractivity contribution in [1.82, 2.24) is 0 Å². The van der Waals surface area contributed by atoms with Crippen LogP contribution in [0.25, 0.3) is 0 Å². The average molecular weight is 262 g/mol. The fourth-order valence-corrected chi connectivity index (χ4v) is 1.57. The van der Waals surface area contributed by atoms with Gasteiger partial charge in [0, 0.05) is 17.3 Å². The lowest BCUT2D eigenvalue weighted by Crippen LogP contribution is -1.99. The van der Waals surface area contributed by atoms with E-state index in [4.69, 9.17) is 11.6 Å². The second-order valence-corrected chi connectivity index (χ2v) is 3.90. The normalized spacial score (nSPS) is 10.0. The summed E-state index contributed by atoms with van der Waals surface area (Å²) in [5, 5.41) is 1.39. The summed E-state index contributed by atoms with van der Waals surface area (Å²) < 4.78 is 0. The number of alkyl halides is 1. The highest BCUT2D eigenvalue weighted by Gasteiger charge is 2.07. The molecule has 0 aliphatic carbocycles. The molecule has 0 aliphatic heterocycles. The van der Waals surface area contributed by atoms with Crippen molar-refractivity contribution >= 4 is 33.3 Å². The highest BCUT2D eigenvalue weighted by atomic mass is 79.9. The predicted octanol–water partition coefficient (Wildman–Crippen LogP) is 3.70. The molecule has 0 N–H and O–H groups in total. The van der Waals surface area contributed by atoms with Crippen molar-refractivity contribution in [3.05, 3.63) is 34.9 Å². The SMILES string of the molecule is O=C(CCCBr)c1ccccc1Cl. The number of benzene rings is 1. The van der Waals surface area contributed by atoms with Crippen molar-refractivity contribution in [3.8, 4) is 0 Å². The highest BCUT2D eigenvalue weighted by Crippen LogP contribution is 2.17. The Kier molecular flexibility index (Phi) is 4.46. The molecule has 1 aromatic rings. The fourth-order valence-electron chi connectivity index (χ4n) is 1.05. The summed E-state index contributed by atoms with van der Waals surface area (Å²) >= 11 is 9.15. The van der Waals surface area contributed by atoms with Gasteiger partial charge in [0.05, 0.1) is 5.02 Å². The van der Waals surface area contributed by atoms with Gasteiger partial charge in [0.15, 0.2) is 5.78 Å². The summed E-state index contributed by atoms with van der Waals surface area (Å²) in [4.78, 5) is 11.5. The highest BCUT2D eigenvalue weighted by molar-refractivity contribution is 9.09. The van der Waals surface area contributed by atoms with Gasteiger partial charge in [-0.25, -0.2) is 0 Å². The third-order valence-electron chi connectivity index (χ3n) is 1.71. The quantitative estimate of drug-likeness (QED) is 0.597. The van der Waals surface area contributed by atoms with E-state index in [1.165, 1.54) is 0 Å². The van der Waals surface area contributed by atoms with Gasteiger partial charge in [-0.1, -0.05) is 39.7 Å². The van der Waals surface area contributed by atoms with Crippen LogP contribution in [0, 0.1) is 0 Å². The van der Waals surface area contributed by atoms with Crippen LogP contribution in [0.3, 0.4) is 0 Å². The van der Waals surface area contributed by atoms with Crippen molar-refractivity contribution < 1.29 is 4.79 Å². The van der Waals surface area contributed by atoms with Gasteiger partial charge in [-0.15, -0.1) is 0 Å². The lowest BCUT2D eigenvalue weighted by molar-refractivity contribution is 0.0982. The smallest absolute Gasteiger partial charge is 0.164 e. The van der Waals surface area contributed by atoms with Crippen LogP contribution in [0.2, 0.25) is 5.02 Å². The second kappa shape index (κ2) is 5.40. The zero-order chi connectivity index (χ0) is 9.68. The Morgan fingerprint density at radius 2 is 2.08 bits per heavy atom. The standard InChI is InChI=1S/C10H10BrClO/c11-7-3-6-10(13)8-4-1-2-5-9(8)12/h1-2,4-5H,3,6-7H2. The van der Waals surface area contributed by atoms with E-state index in [9.17, 15) is 4.79 Å². The molecule has 1 aromatic carbocycles. The molecule has 0 bridgehead atoms. The molecule has 0 spiro atoms. The van der Waals surface area contributed by atoms with Crippen LogP contribution in [0.5, 0.6) is 0 Å². The van der Waals surface area contributed by atoms with E-state index in [0.29, 0.717) is 17.0 Å². The average Bonchev–Trinajstić information content (AvgIpc) is 2.15. The zero-order valence-electron chi connectivity index (χ0n) is 7.09. The van der Waals surface area contributed by atoms with E-state index in [-0.39, 0.29) is 5.78 Å².